The Kier molecular flexibility index (Phi) is 3.89. The zero-order valence-corrected chi connectivity index (χ0v) is 16.6. The van der Waals surface area contributed by atoms with Gasteiger partial charge in [0.2, 0.25) is 0 Å². The maximum Gasteiger partial charge on any atom is 0.273 e. The number of carbonyl (C=O) groups is 1. The molecule has 0 saturated carbocycles. The summed E-state index contributed by atoms with van der Waals surface area (Å²) in [5.74, 6) is -0.492. The zero-order chi connectivity index (χ0) is 23.2. The molecule has 4 heterocycles. The van der Waals surface area contributed by atoms with Crippen molar-refractivity contribution < 1.29 is 8.91 Å². The number of pyridine rings is 1. The minimum atomic E-state index is -2.69. The van der Waals surface area contributed by atoms with E-state index in [9.17, 15) is 4.79 Å². The average Bonchev–Trinajstić information content (AvgIpc) is 2.70. The van der Waals surface area contributed by atoms with E-state index >= 15 is 0 Å². The molecule has 29 heavy (non-hydrogen) atoms. The zero-order valence-electron chi connectivity index (χ0n) is 18.9. The molecule has 1 aliphatic heterocycles. The molecule has 1 atom stereocenters. The molecule has 1 unspecified atom stereocenters. The molecule has 0 aliphatic carbocycles. The van der Waals surface area contributed by atoms with E-state index in [1.807, 2.05) is 37.2 Å². The Morgan fingerprint density at radius 3 is 2.86 bits per heavy atom. The monoisotopic (exact) mass is 413 g/mol. The summed E-state index contributed by atoms with van der Waals surface area (Å²) >= 11 is 6.01. The van der Waals surface area contributed by atoms with Gasteiger partial charge in [-0.25, -0.2) is 4.98 Å². The number of rotatable bonds is 3. The first-order valence-corrected chi connectivity index (χ1v) is 9.11. The van der Waals surface area contributed by atoms with E-state index in [0.717, 1.165) is 22.6 Å². The SMILES string of the molecule is [2H]C([2H])([2H])NC(=O)c1nnc(Cl)cc1Nc1nc(C)cc2c1N(C)C(C)c1nccnc1-2. The molecule has 1 aliphatic rings. The number of nitrogens with one attached hydrogen (secondary N) is 2. The molecule has 2 N–H and O–H groups in total. The molecular formula is C19H19ClN8O. The summed E-state index contributed by atoms with van der Waals surface area (Å²) in [6.07, 6.45) is 3.29. The lowest BCUT2D eigenvalue weighted by Gasteiger charge is -2.35. The van der Waals surface area contributed by atoms with Crippen molar-refractivity contribution in [1.29, 1.82) is 0 Å². The smallest absolute Gasteiger partial charge is 0.273 e. The Hall–Kier alpha value is -3.33. The van der Waals surface area contributed by atoms with Crippen molar-refractivity contribution in [2.24, 2.45) is 0 Å². The minimum Gasteiger partial charge on any atom is -0.363 e. The second-order valence-electron chi connectivity index (χ2n) is 6.59. The van der Waals surface area contributed by atoms with Crippen LogP contribution in [0, 0.1) is 6.92 Å². The van der Waals surface area contributed by atoms with Gasteiger partial charge in [0.15, 0.2) is 16.7 Å². The predicted molar refractivity (Wildman–Crippen MR) is 111 cm³/mol. The van der Waals surface area contributed by atoms with Crippen molar-refractivity contribution in [2.75, 3.05) is 24.2 Å². The molecule has 148 valence electrons. The van der Waals surface area contributed by atoms with Crippen molar-refractivity contribution in [3.63, 3.8) is 0 Å². The van der Waals surface area contributed by atoms with E-state index in [1.54, 1.807) is 12.4 Å². The van der Waals surface area contributed by atoms with E-state index in [4.69, 9.17) is 15.7 Å². The highest BCUT2D eigenvalue weighted by atomic mass is 35.5. The van der Waals surface area contributed by atoms with Gasteiger partial charge in [0.05, 0.1) is 28.8 Å². The number of aromatic nitrogens is 5. The lowest BCUT2D eigenvalue weighted by atomic mass is 9.97. The molecule has 0 saturated heterocycles. The highest BCUT2D eigenvalue weighted by Crippen LogP contribution is 2.46. The van der Waals surface area contributed by atoms with Crippen LogP contribution < -0.4 is 15.5 Å². The van der Waals surface area contributed by atoms with Crippen molar-refractivity contribution >= 4 is 34.7 Å². The highest BCUT2D eigenvalue weighted by molar-refractivity contribution is 6.29. The Morgan fingerprint density at radius 2 is 2.07 bits per heavy atom. The standard InChI is InChI=1S/C19H19ClN8O/c1-9-7-11-15-14(22-5-6-23-15)10(2)28(4)17(11)18(24-9)25-12-8-13(20)26-27-16(12)19(29)21-3/h5-8,10H,1-4H3,(H,21,29)(H,24,25,26)/i3D3. The maximum atomic E-state index is 12.5. The largest absolute Gasteiger partial charge is 0.363 e. The molecule has 0 aromatic carbocycles. The Labute approximate surface area is 176 Å². The number of aryl methyl sites for hydroxylation is 1. The van der Waals surface area contributed by atoms with Crippen molar-refractivity contribution in [3.8, 4) is 11.3 Å². The molecular weight excluding hydrogens is 392 g/mol. The number of anilines is 3. The number of amides is 1. The Bertz CT molecular complexity index is 1220. The van der Waals surface area contributed by atoms with Gasteiger partial charge in [0, 0.05) is 47.9 Å². The molecule has 0 spiro atoms. The van der Waals surface area contributed by atoms with Crippen LogP contribution in [-0.2, 0) is 0 Å². The number of carbonyl (C=O) groups excluding carboxylic acids is 1. The molecule has 10 heteroatoms. The number of nitrogens with zero attached hydrogens (tertiary/aromatic N) is 6. The van der Waals surface area contributed by atoms with E-state index in [-0.39, 0.29) is 22.6 Å². The van der Waals surface area contributed by atoms with Gasteiger partial charge in [-0.05, 0) is 19.9 Å². The summed E-state index contributed by atoms with van der Waals surface area (Å²) in [4.78, 5) is 28.1. The highest BCUT2D eigenvalue weighted by Gasteiger charge is 2.31. The Morgan fingerprint density at radius 1 is 1.28 bits per heavy atom. The fraction of sp³-hybridized carbons (Fsp3) is 0.263. The van der Waals surface area contributed by atoms with E-state index < -0.39 is 12.9 Å². The number of hydrogen-bond acceptors (Lipinski definition) is 8. The summed E-state index contributed by atoms with van der Waals surface area (Å²) < 4.78 is 21.9. The fourth-order valence-electron chi connectivity index (χ4n) is 3.35. The quantitative estimate of drug-likeness (QED) is 0.674. The molecule has 3 aromatic rings. The van der Waals surface area contributed by atoms with Crippen LogP contribution in [0.2, 0.25) is 5.15 Å². The number of halogens is 1. The first-order chi connectivity index (χ1) is 15.0. The molecule has 9 nitrogen and oxygen atoms in total. The van der Waals surface area contributed by atoms with E-state index in [0.29, 0.717) is 11.5 Å². The van der Waals surface area contributed by atoms with Gasteiger partial charge in [-0.2, -0.15) is 0 Å². The molecule has 4 rings (SSSR count). The second kappa shape index (κ2) is 7.25. The molecule has 0 bridgehead atoms. The first kappa shape index (κ1) is 15.6. The molecule has 1 amide bonds. The minimum absolute atomic E-state index is 0.0254. The van der Waals surface area contributed by atoms with Gasteiger partial charge in [0.1, 0.15) is 0 Å². The maximum absolute atomic E-state index is 12.5. The van der Waals surface area contributed by atoms with Gasteiger partial charge in [0.25, 0.3) is 5.91 Å². The van der Waals surface area contributed by atoms with Gasteiger partial charge < -0.3 is 15.5 Å². The van der Waals surface area contributed by atoms with Crippen LogP contribution in [0.4, 0.5) is 17.2 Å². The third kappa shape index (κ3) is 3.23. The second-order valence-corrected chi connectivity index (χ2v) is 6.98. The topological polar surface area (TPSA) is 109 Å². The first-order valence-electron chi connectivity index (χ1n) is 10.2. The Balaban J connectivity index is 1.84. The fourth-order valence-corrected chi connectivity index (χ4v) is 3.49. The molecule has 0 radical (unpaired) electrons. The van der Waals surface area contributed by atoms with Crippen LogP contribution in [0.3, 0.4) is 0 Å². The van der Waals surface area contributed by atoms with Crippen molar-refractivity contribution in [2.45, 2.75) is 19.9 Å². The molecule has 0 fully saturated rings. The summed E-state index contributed by atoms with van der Waals surface area (Å²) in [7, 11) is 1.91. The average molecular weight is 414 g/mol. The lowest BCUT2D eigenvalue weighted by Crippen LogP contribution is -2.29. The van der Waals surface area contributed by atoms with Gasteiger partial charge in [-0.3, -0.25) is 14.8 Å². The van der Waals surface area contributed by atoms with Crippen molar-refractivity contribution in [3.05, 3.63) is 46.8 Å². The van der Waals surface area contributed by atoms with Crippen LogP contribution in [0.1, 0.15) is 39.0 Å². The van der Waals surface area contributed by atoms with Crippen LogP contribution in [0.15, 0.2) is 24.5 Å². The van der Waals surface area contributed by atoms with E-state index in [1.165, 1.54) is 6.07 Å². The van der Waals surface area contributed by atoms with Crippen LogP contribution >= 0.6 is 11.6 Å². The summed E-state index contributed by atoms with van der Waals surface area (Å²) in [5, 5.41) is 12.5. The summed E-state index contributed by atoms with van der Waals surface area (Å²) in [6, 6.07) is 3.21. The van der Waals surface area contributed by atoms with Crippen LogP contribution in [0.25, 0.3) is 11.3 Å². The van der Waals surface area contributed by atoms with Crippen molar-refractivity contribution in [1.82, 2.24) is 30.5 Å². The predicted octanol–water partition coefficient (Wildman–Crippen LogP) is 2.90. The third-order valence-corrected chi connectivity index (χ3v) is 4.96. The van der Waals surface area contributed by atoms with E-state index in [2.05, 4.69) is 30.5 Å². The van der Waals surface area contributed by atoms with Gasteiger partial charge in [-0.15, -0.1) is 10.2 Å². The van der Waals surface area contributed by atoms with Gasteiger partial charge >= 0.3 is 0 Å². The molecule has 3 aromatic heterocycles. The third-order valence-electron chi connectivity index (χ3n) is 4.78. The number of fused-ring (bicyclic) bond motifs is 3. The van der Waals surface area contributed by atoms with Crippen LogP contribution in [0.5, 0.6) is 0 Å². The van der Waals surface area contributed by atoms with Gasteiger partial charge in [-0.1, -0.05) is 11.6 Å². The van der Waals surface area contributed by atoms with Crippen LogP contribution in [-0.4, -0.2) is 45.1 Å². The number of hydrogen-bond donors (Lipinski definition) is 2. The summed E-state index contributed by atoms with van der Waals surface area (Å²) in [5.41, 5.74) is 3.79. The lowest BCUT2D eigenvalue weighted by molar-refractivity contribution is 0.0958. The normalized spacial score (nSPS) is 16.8. The summed E-state index contributed by atoms with van der Waals surface area (Å²) in [6.45, 7) is 1.15.